The molecule has 0 spiro atoms. The van der Waals surface area contributed by atoms with E-state index in [9.17, 15) is 0 Å². The van der Waals surface area contributed by atoms with Crippen LogP contribution in [-0.4, -0.2) is 68.3 Å². The van der Waals surface area contributed by atoms with Crippen LogP contribution in [0.15, 0.2) is 0 Å². The number of rotatable bonds is 5. The van der Waals surface area contributed by atoms with E-state index in [0.29, 0.717) is 0 Å². The summed E-state index contributed by atoms with van der Waals surface area (Å²) in [5, 5.41) is 52.2. The molecule has 0 amide bonds. The van der Waals surface area contributed by atoms with Crippen LogP contribution in [0.2, 0.25) is 0 Å². The Morgan fingerprint density at radius 3 is 1.08 bits per heavy atom. The van der Waals surface area contributed by atoms with Gasteiger partial charge in [-0.2, -0.15) is 0 Å². The van der Waals surface area contributed by atoms with Crippen LogP contribution in [0.1, 0.15) is 0 Å². The third-order valence-electron chi connectivity index (χ3n) is 1.51. The average molecular weight is 379 g/mol. The predicted octanol–water partition coefficient (Wildman–Crippen LogP) is -3.59. The minimum atomic E-state index is -1.67. The summed E-state index contributed by atoms with van der Waals surface area (Å²) in [4.78, 5) is 0. The van der Waals surface area contributed by atoms with Gasteiger partial charge in [-0.3, -0.25) is 0 Å². The molecule has 13 heavy (non-hydrogen) atoms. The van der Waals surface area contributed by atoms with Gasteiger partial charge in [-0.25, -0.2) is 0 Å². The summed E-state index contributed by atoms with van der Waals surface area (Å²) in [5.74, 6) is 0. The Morgan fingerprint density at radius 2 is 0.923 bits per heavy atom. The molecule has 1 radical (unpaired) electrons. The second kappa shape index (κ2) is 7.86. The Bertz CT molecular complexity index is 110. The summed E-state index contributed by atoms with van der Waals surface area (Å²) in [7, 11) is 0. The third-order valence-corrected chi connectivity index (χ3v) is 1.51. The number of aliphatic hydroxyl groups excluding tert-OH is 6. The van der Waals surface area contributed by atoms with Crippen LogP contribution in [0.4, 0.5) is 0 Å². The van der Waals surface area contributed by atoms with E-state index < -0.39 is 37.6 Å². The maximum Gasteiger partial charge on any atom is 0.111 e. The van der Waals surface area contributed by atoms with Gasteiger partial charge in [0.1, 0.15) is 24.4 Å². The number of aliphatic hydroxyl groups is 6. The van der Waals surface area contributed by atoms with Crippen LogP contribution < -0.4 is 0 Å². The van der Waals surface area contributed by atoms with Crippen molar-refractivity contribution in [3.8, 4) is 0 Å². The smallest absolute Gasteiger partial charge is 0.111 e. The van der Waals surface area contributed by atoms with Gasteiger partial charge in [0.25, 0.3) is 0 Å². The zero-order chi connectivity index (χ0) is 9.72. The van der Waals surface area contributed by atoms with Crippen molar-refractivity contribution in [3.63, 3.8) is 0 Å². The molecule has 0 heterocycles. The molecule has 0 fully saturated rings. The SMILES string of the molecule is OC[C@@H](O)[C@@H](O)[C@H](O)[C@H](O)CO.[Au]. The van der Waals surface area contributed by atoms with Crippen molar-refractivity contribution in [3.05, 3.63) is 0 Å². The molecule has 0 aromatic rings. The van der Waals surface area contributed by atoms with Crippen molar-refractivity contribution in [1.29, 1.82) is 0 Å². The first-order chi connectivity index (χ1) is 5.54. The normalized spacial score (nSPS) is 19.8. The van der Waals surface area contributed by atoms with Crippen LogP contribution in [0.3, 0.4) is 0 Å². The van der Waals surface area contributed by atoms with E-state index in [0.717, 1.165) is 0 Å². The largest absolute Gasteiger partial charge is 0.394 e. The van der Waals surface area contributed by atoms with E-state index in [2.05, 4.69) is 0 Å². The maximum atomic E-state index is 8.96. The molecule has 0 saturated heterocycles. The fourth-order valence-corrected chi connectivity index (χ4v) is 0.671. The van der Waals surface area contributed by atoms with Gasteiger partial charge < -0.3 is 30.6 Å². The molecule has 0 aliphatic heterocycles. The van der Waals surface area contributed by atoms with E-state index in [-0.39, 0.29) is 22.4 Å². The zero-order valence-electron chi connectivity index (χ0n) is 6.71. The Balaban J connectivity index is 0. The molecule has 0 rings (SSSR count). The summed E-state index contributed by atoms with van der Waals surface area (Å²) >= 11 is 0. The van der Waals surface area contributed by atoms with E-state index in [1.165, 1.54) is 0 Å². The molecule has 0 aromatic heterocycles. The Labute approximate surface area is 91.0 Å². The monoisotopic (exact) mass is 379 g/mol. The molecule has 0 saturated carbocycles. The van der Waals surface area contributed by atoms with Crippen molar-refractivity contribution in [2.45, 2.75) is 24.4 Å². The molecule has 0 bridgehead atoms. The average Bonchev–Trinajstić information content (AvgIpc) is 2.12. The van der Waals surface area contributed by atoms with E-state index in [1.807, 2.05) is 0 Å². The minimum absolute atomic E-state index is 0. The van der Waals surface area contributed by atoms with Gasteiger partial charge in [-0.15, -0.1) is 0 Å². The molecule has 0 aliphatic carbocycles. The third kappa shape index (κ3) is 5.06. The first-order valence-corrected chi connectivity index (χ1v) is 3.48. The molecule has 0 unspecified atom stereocenters. The van der Waals surface area contributed by atoms with Crippen molar-refractivity contribution in [2.75, 3.05) is 13.2 Å². The minimum Gasteiger partial charge on any atom is -0.394 e. The molecule has 0 aromatic carbocycles. The summed E-state index contributed by atoms with van der Waals surface area (Å²) in [6.07, 6.45) is -6.39. The molecular weight excluding hydrogens is 365 g/mol. The second-order valence-corrected chi connectivity index (χ2v) is 2.48. The van der Waals surface area contributed by atoms with Crippen LogP contribution >= 0.6 is 0 Å². The van der Waals surface area contributed by atoms with E-state index >= 15 is 0 Å². The summed E-state index contributed by atoms with van der Waals surface area (Å²) in [6.45, 7) is -1.45. The Kier molecular flexibility index (Phi) is 9.65. The number of hydrogen-bond acceptors (Lipinski definition) is 6. The van der Waals surface area contributed by atoms with Gasteiger partial charge in [-0.05, 0) is 0 Å². The van der Waals surface area contributed by atoms with Crippen LogP contribution in [0, 0.1) is 0 Å². The maximum absolute atomic E-state index is 8.96. The topological polar surface area (TPSA) is 121 Å². The molecule has 85 valence electrons. The van der Waals surface area contributed by atoms with Gasteiger partial charge >= 0.3 is 0 Å². The van der Waals surface area contributed by atoms with Crippen molar-refractivity contribution in [2.24, 2.45) is 0 Å². The molecule has 6 N–H and O–H groups in total. The predicted molar refractivity (Wildman–Crippen MR) is 38.2 cm³/mol. The van der Waals surface area contributed by atoms with Gasteiger partial charge in [0.05, 0.1) is 13.2 Å². The Hall–Kier alpha value is 0.500. The fraction of sp³-hybridized carbons (Fsp3) is 1.00. The van der Waals surface area contributed by atoms with Gasteiger partial charge in [0.15, 0.2) is 0 Å². The molecule has 0 aliphatic rings. The second-order valence-electron chi connectivity index (χ2n) is 2.48. The van der Waals surface area contributed by atoms with Gasteiger partial charge in [-0.1, -0.05) is 0 Å². The van der Waals surface area contributed by atoms with E-state index in [4.69, 9.17) is 30.6 Å². The van der Waals surface area contributed by atoms with Crippen LogP contribution in [0.25, 0.3) is 0 Å². The first kappa shape index (κ1) is 16.0. The first-order valence-electron chi connectivity index (χ1n) is 3.48. The van der Waals surface area contributed by atoms with Gasteiger partial charge in [0, 0.05) is 22.4 Å². The standard InChI is InChI=1S/C6H14O6.Au/c7-1-3(9)5(11)6(12)4(10)2-8;/h3-12H,1-2H2;/t3-,4-,5-,6-;/m1./s1. The summed E-state index contributed by atoms with van der Waals surface area (Å²) in [5.41, 5.74) is 0. The Morgan fingerprint density at radius 1 is 0.692 bits per heavy atom. The van der Waals surface area contributed by atoms with Crippen molar-refractivity contribution in [1.82, 2.24) is 0 Å². The quantitative estimate of drug-likeness (QED) is 0.275. The van der Waals surface area contributed by atoms with Gasteiger partial charge in [0.2, 0.25) is 0 Å². The zero-order valence-corrected chi connectivity index (χ0v) is 8.87. The van der Waals surface area contributed by atoms with Crippen LogP contribution in [-0.2, 0) is 22.4 Å². The molecule has 6 nitrogen and oxygen atoms in total. The fourth-order valence-electron chi connectivity index (χ4n) is 0.671. The number of hydrogen-bond donors (Lipinski definition) is 6. The summed E-state index contributed by atoms with van der Waals surface area (Å²) in [6, 6.07) is 0. The van der Waals surface area contributed by atoms with Crippen LogP contribution in [0.5, 0.6) is 0 Å². The summed E-state index contributed by atoms with van der Waals surface area (Å²) < 4.78 is 0. The molecular formula is C6H14AuO6. The van der Waals surface area contributed by atoms with E-state index in [1.54, 1.807) is 0 Å². The molecule has 7 heteroatoms. The van der Waals surface area contributed by atoms with Crippen molar-refractivity contribution < 1.29 is 53.0 Å². The molecule has 4 atom stereocenters. The van der Waals surface area contributed by atoms with Crippen molar-refractivity contribution >= 4 is 0 Å².